The summed E-state index contributed by atoms with van der Waals surface area (Å²) < 4.78 is 8.74. The lowest BCUT2D eigenvalue weighted by Gasteiger charge is -1.55. The van der Waals surface area contributed by atoms with Crippen LogP contribution >= 0.6 is 0 Å². The Bertz CT molecular complexity index is 31.8. The lowest BCUT2D eigenvalue weighted by atomic mass is 13.9. The maximum atomic E-state index is 8.74. The summed E-state index contributed by atoms with van der Waals surface area (Å²) in [7, 11) is -0.657. The minimum atomic E-state index is -3.13. The first kappa shape index (κ1) is 9.25. The molecule has 6 heavy (non-hydrogen) atoms. The quantitative estimate of drug-likeness (QED) is 0.308. The monoisotopic (exact) mass is 122 g/mol. The molecule has 0 aromatic rings. The van der Waals surface area contributed by atoms with Gasteiger partial charge < -0.3 is 15.0 Å². The van der Waals surface area contributed by atoms with Crippen LogP contribution in [0.3, 0.4) is 0 Å². The standard InChI is InChI=1S/H2NSi.H2O3Si/c1-2;1-4(2)3/h1H2;1-2H. The molecule has 3 radical (unpaired) electrons. The molecule has 0 amide bonds. The summed E-state index contributed by atoms with van der Waals surface area (Å²) in [6.45, 7) is 0. The summed E-state index contributed by atoms with van der Waals surface area (Å²) in [5, 5.41) is 4.31. The third-order valence-electron chi connectivity index (χ3n) is 0. The number of rotatable bonds is 0. The Hall–Kier alpha value is -0.206. The Kier molecular flexibility index (Phi) is 13.6. The van der Waals surface area contributed by atoms with Gasteiger partial charge in [-0.3, -0.25) is 4.46 Å². The highest BCUT2D eigenvalue weighted by Crippen LogP contribution is 1.27. The number of nitrogens with two attached hydrogens (primary N) is 1. The smallest absolute Gasteiger partial charge is 0.511 e. The first-order valence-corrected chi connectivity index (χ1v) is 2.82. The third-order valence-corrected chi connectivity index (χ3v) is 0. The number of hydrogen-bond acceptors (Lipinski definition) is 2. The molecule has 4 nitrogen and oxygen atoms in total. The first-order chi connectivity index (χ1) is 2.73. The zero-order valence-electron chi connectivity index (χ0n) is 2.88. The molecule has 0 saturated heterocycles. The molecule has 0 aromatic carbocycles. The Morgan fingerprint density at radius 2 is 1.50 bits per heavy atom. The van der Waals surface area contributed by atoms with Gasteiger partial charge in [-0.2, -0.15) is 0 Å². The molecule has 35 valence electrons. The van der Waals surface area contributed by atoms with Crippen LogP contribution in [0.5, 0.6) is 0 Å². The third kappa shape index (κ3) is 696. The van der Waals surface area contributed by atoms with Crippen molar-refractivity contribution in [3.8, 4) is 0 Å². The SMILES string of the molecule is N[Si].O=[Si](O)O. The van der Waals surface area contributed by atoms with Crippen LogP contribution in [0.25, 0.3) is 0 Å². The second-order valence-electron chi connectivity index (χ2n) is 0.283. The highest BCUT2D eigenvalue weighted by molar-refractivity contribution is 6.22. The van der Waals surface area contributed by atoms with Gasteiger partial charge in [0.1, 0.15) is 10.4 Å². The van der Waals surface area contributed by atoms with Crippen LogP contribution in [0.15, 0.2) is 0 Å². The zero-order valence-corrected chi connectivity index (χ0v) is 4.88. The van der Waals surface area contributed by atoms with Gasteiger partial charge in [0.25, 0.3) is 0 Å². The fourth-order valence-corrected chi connectivity index (χ4v) is 0. The van der Waals surface area contributed by atoms with E-state index in [1.54, 1.807) is 0 Å². The van der Waals surface area contributed by atoms with Crippen molar-refractivity contribution in [1.29, 1.82) is 0 Å². The molecule has 6 heteroatoms. The van der Waals surface area contributed by atoms with Gasteiger partial charge in [0.05, 0.1) is 0 Å². The van der Waals surface area contributed by atoms with Crippen molar-refractivity contribution < 1.29 is 14.1 Å². The summed E-state index contributed by atoms with van der Waals surface area (Å²) in [5.74, 6) is 0. The molecule has 0 rings (SSSR count). The van der Waals surface area contributed by atoms with Gasteiger partial charge in [0.15, 0.2) is 0 Å². The number of hydrogen-bond donors (Lipinski definition) is 3. The van der Waals surface area contributed by atoms with Gasteiger partial charge in [-0.05, 0) is 0 Å². The van der Waals surface area contributed by atoms with Gasteiger partial charge >= 0.3 is 9.17 Å². The van der Waals surface area contributed by atoms with E-state index in [2.05, 4.69) is 15.8 Å². The molecular weight excluding hydrogens is 118 g/mol. The topological polar surface area (TPSA) is 83.6 Å². The van der Waals surface area contributed by atoms with Crippen molar-refractivity contribution in [3.63, 3.8) is 0 Å². The summed E-state index contributed by atoms with van der Waals surface area (Å²) in [6, 6.07) is 0. The molecule has 0 saturated carbocycles. The fourth-order valence-electron chi connectivity index (χ4n) is 0. The van der Waals surface area contributed by atoms with Crippen molar-refractivity contribution >= 4 is 19.6 Å². The van der Waals surface area contributed by atoms with E-state index in [4.69, 9.17) is 14.1 Å². The molecule has 0 atom stereocenters. The lowest BCUT2D eigenvalue weighted by molar-refractivity contribution is 0.330. The first-order valence-electron chi connectivity index (χ1n) is 0.940. The predicted octanol–water partition coefficient (Wildman–Crippen LogP) is -2.58. The van der Waals surface area contributed by atoms with Gasteiger partial charge in [0, 0.05) is 0 Å². The minimum Gasteiger partial charge on any atom is -0.511 e. The molecule has 0 aliphatic rings. The van der Waals surface area contributed by atoms with Crippen LogP contribution < -0.4 is 5.40 Å². The van der Waals surface area contributed by atoms with Crippen LogP contribution in [0, 0.1) is 0 Å². The van der Waals surface area contributed by atoms with Crippen molar-refractivity contribution in [2.24, 2.45) is 5.40 Å². The fraction of sp³-hybridized carbons (Fsp3) is 0. The van der Waals surface area contributed by atoms with Gasteiger partial charge in [-0.15, -0.1) is 0 Å². The molecule has 0 unspecified atom stereocenters. The average molecular weight is 122 g/mol. The second kappa shape index (κ2) is 8.84. The molecule has 0 aliphatic carbocycles. The minimum absolute atomic E-state index is 2.47. The molecule has 0 bridgehead atoms. The highest BCUT2D eigenvalue weighted by atomic mass is 28.3. The molecule has 0 heterocycles. The Balaban J connectivity index is 0. The van der Waals surface area contributed by atoms with Crippen LogP contribution in [0.4, 0.5) is 0 Å². The average Bonchev–Trinajstić information content (AvgIpc) is 1.41. The maximum Gasteiger partial charge on any atom is 0.761 e. The molecule has 0 aromatic heterocycles. The van der Waals surface area contributed by atoms with Gasteiger partial charge in [0.2, 0.25) is 0 Å². The molecular formula is H4NO3Si2. The van der Waals surface area contributed by atoms with Crippen LogP contribution in [0.2, 0.25) is 0 Å². The largest absolute Gasteiger partial charge is 0.761 e. The van der Waals surface area contributed by atoms with Crippen LogP contribution in [-0.4, -0.2) is 29.2 Å². The van der Waals surface area contributed by atoms with Crippen LogP contribution in [0.1, 0.15) is 0 Å². The zero-order chi connectivity index (χ0) is 5.58. The van der Waals surface area contributed by atoms with Gasteiger partial charge in [-0.1, -0.05) is 0 Å². The van der Waals surface area contributed by atoms with E-state index in [1.165, 1.54) is 0 Å². The van der Waals surface area contributed by atoms with Gasteiger partial charge in [-0.25, -0.2) is 0 Å². The van der Waals surface area contributed by atoms with Crippen LogP contribution in [-0.2, 0) is 4.46 Å². The highest BCUT2D eigenvalue weighted by Gasteiger charge is 1.85. The Labute approximate surface area is 40.0 Å². The van der Waals surface area contributed by atoms with E-state index in [0.717, 1.165) is 0 Å². The van der Waals surface area contributed by atoms with Crippen molar-refractivity contribution in [3.05, 3.63) is 0 Å². The van der Waals surface area contributed by atoms with E-state index < -0.39 is 9.17 Å². The summed E-state index contributed by atoms with van der Waals surface area (Å²) in [6.07, 6.45) is 0. The van der Waals surface area contributed by atoms with E-state index in [1.807, 2.05) is 0 Å². The molecule has 0 aliphatic heterocycles. The second-order valence-corrected chi connectivity index (χ2v) is 0.848. The summed E-state index contributed by atoms with van der Waals surface area (Å²) >= 11 is 0. The van der Waals surface area contributed by atoms with E-state index >= 15 is 0 Å². The summed E-state index contributed by atoms with van der Waals surface area (Å²) in [5.41, 5.74) is 0. The van der Waals surface area contributed by atoms with E-state index in [-0.39, 0.29) is 0 Å². The molecule has 4 N–H and O–H groups in total. The predicted molar refractivity (Wildman–Crippen MR) is 20.8 cm³/mol. The van der Waals surface area contributed by atoms with E-state index in [9.17, 15) is 0 Å². The summed E-state index contributed by atoms with van der Waals surface area (Å²) in [4.78, 5) is 14.3. The molecule has 0 fully saturated rings. The van der Waals surface area contributed by atoms with Crippen molar-refractivity contribution in [1.82, 2.24) is 0 Å². The Morgan fingerprint density at radius 3 is 1.50 bits per heavy atom. The maximum absolute atomic E-state index is 8.74. The van der Waals surface area contributed by atoms with Crippen molar-refractivity contribution in [2.45, 2.75) is 0 Å². The van der Waals surface area contributed by atoms with Crippen molar-refractivity contribution in [2.75, 3.05) is 0 Å². The lowest BCUT2D eigenvalue weighted by Crippen LogP contribution is -1.90. The Morgan fingerprint density at radius 1 is 1.50 bits per heavy atom. The normalized spacial score (nSPS) is 5.00. The molecule has 0 spiro atoms. The van der Waals surface area contributed by atoms with E-state index in [0.29, 0.717) is 0 Å².